The van der Waals surface area contributed by atoms with Gasteiger partial charge in [-0.2, -0.15) is 0 Å². The molecule has 62 valence electrons. The van der Waals surface area contributed by atoms with Gasteiger partial charge in [-0.25, -0.2) is 0 Å². The summed E-state index contributed by atoms with van der Waals surface area (Å²) in [5.74, 6) is -4.93. The van der Waals surface area contributed by atoms with Crippen molar-refractivity contribution in [3.8, 4) is 5.75 Å². The molecule has 6 heteroatoms. The zero-order chi connectivity index (χ0) is 9.14. The maximum atomic E-state index is 12.6. The van der Waals surface area contributed by atoms with Crippen molar-refractivity contribution < 1.29 is 20.8 Å². The van der Waals surface area contributed by atoms with Crippen molar-refractivity contribution in [1.82, 2.24) is 0 Å². The van der Waals surface area contributed by atoms with E-state index >= 15 is 0 Å². The summed E-state index contributed by atoms with van der Waals surface area (Å²) in [7, 11) is 0. The summed E-state index contributed by atoms with van der Waals surface area (Å²) in [4.78, 5) is 0. The zero-order valence-corrected chi connectivity index (χ0v) is 6.84. The summed E-state index contributed by atoms with van der Waals surface area (Å²) >= 11 is -1.68. The Labute approximate surface area is 72.2 Å². The first-order valence-electron chi connectivity index (χ1n) is 2.90. The Kier molecular flexibility index (Phi) is 2.84. The molecule has 0 spiro atoms. The minimum absolute atomic E-state index is 0.543. The van der Waals surface area contributed by atoms with Gasteiger partial charge in [-0.1, -0.05) is 0 Å². The third-order valence-corrected chi connectivity index (χ3v) is 1.52. The summed E-state index contributed by atoms with van der Waals surface area (Å²) in [5.41, 5.74) is 0. The van der Waals surface area contributed by atoms with Crippen LogP contribution in [-0.4, -0.2) is 15.5 Å². The Hall–Kier alpha value is -0.858. The molecular formula is C6H2AlF3O2. The first-order chi connectivity index (χ1) is 5.66. The van der Waals surface area contributed by atoms with Crippen LogP contribution in [0.2, 0.25) is 0 Å². The van der Waals surface area contributed by atoms with Crippen molar-refractivity contribution in [3.63, 3.8) is 0 Å². The fraction of sp³-hybridized carbons (Fsp3) is 0. The van der Waals surface area contributed by atoms with Crippen molar-refractivity contribution in [3.05, 3.63) is 29.6 Å². The second-order valence-electron chi connectivity index (χ2n) is 1.89. The fourth-order valence-electron chi connectivity index (χ4n) is 0.651. The number of hydrogen-bond donors (Lipinski definition) is 0. The average molecular weight is 190 g/mol. The Morgan fingerprint density at radius 1 is 1.17 bits per heavy atom. The predicted octanol–water partition coefficient (Wildman–Crippen LogP) is 1.45. The Morgan fingerprint density at radius 2 is 1.83 bits per heavy atom. The van der Waals surface area contributed by atoms with Gasteiger partial charge in [0.2, 0.25) is 0 Å². The number of hydrogen-bond acceptors (Lipinski definition) is 2. The Bertz CT molecular complexity index is 316. The molecule has 0 saturated heterocycles. The zero-order valence-electron chi connectivity index (χ0n) is 5.68. The number of benzene rings is 1. The summed E-state index contributed by atoms with van der Waals surface area (Å²) in [5, 5.41) is 0. The van der Waals surface area contributed by atoms with Gasteiger partial charge in [-0.15, -0.1) is 0 Å². The Balaban J connectivity index is 3.16. The van der Waals surface area contributed by atoms with Gasteiger partial charge in [0.05, 0.1) is 0 Å². The Morgan fingerprint density at radius 3 is 2.42 bits per heavy atom. The van der Waals surface area contributed by atoms with Gasteiger partial charge in [0, 0.05) is 0 Å². The van der Waals surface area contributed by atoms with Gasteiger partial charge in [0.25, 0.3) is 0 Å². The fourth-order valence-corrected chi connectivity index (χ4v) is 0.937. The number of halogens is 3. The van der Waals surface area contributed by atoms with Gasteiger partial charge in [0.15, 0.2) is 0 Å². The molecule has 0 heterocycles. The van der Waals surface area contributed by atoms with Crippen LogP contribution in [0.5, 0.6) is 5.75 Å². The third-order valence-electron chi connectivity index (χ3n) is 1.17. The summed E-state index contributed by atoms with van der Waals surface area (Å²) < 4.78 is 51.4. The third kappa shape index (κ3) is 1.65. The quantitative estimate of drug-likeness (QED) is 0.521. The maximum absolute atomic E-state index is 12.6. The SMILES string of the molecule is [O]=[Al][O]c1ccc(F)c(F)c1F. The molecule has 2 nitrogen and oxygen atoms in total. The van der Waals surface area contributed by atoms with Gasteiger partial charge >= 0.3 is 71.6 Å². The van der Waals surface area contributed by atoms with E-state index in [1.165, 1.54) is 0 Å². The molecule has 0 bridgehead atoms. The van der Waals surface area contributed by atoms with Crippen LogP contribution >= 0.6 is 0 Å². The molecule has 0 saturated carbocycles. The molecule has 0 aromatic heterocycles. The van der Waals surface area contributed by atoms with E-state index in [2.05, 4.69) is 3.79 Å². The molecule has 0 amide bonds. The van der Waals surface area contributed by atoms with Gasteiger partial charge in [-0.3, -0.25) is 0 Å². The molecule has 0 aliphatic heterocycles. The predicted molar refractivity (Wildman–Crippen MR) is 33.4 cm³/mol. The molecule has 0 atom stereocenters. The molecule has 0 radical (unpaired) electrons. The van der Waals surface area contributed by atoms with E-state index < -0.39 is 38.7 Å². The van der Waals surface area contributed by atoms with E-state index in [9.17, 15) is 17.0 Å². The molecule has 1 rings (SSSR count). The van der Waals surface area contributed by atoms with Crippen LogP contribution in [0.1, 0.15) is 0 Å². The first kappa shape index (κ1) is 9.23. The molecule has 1 aromatic carbocycles. The minimum atomic E-state index is -1.68. The van der Waals surface area contributed by atoms with Crippen LogP contribution in [-0.2, 0) is 3.80 Å². The van der Waals surface area contributed by atoms with Crippen LogP contribution in [0.4, 0.5) is 13.2 Å². The van der Waals surface area contributed by atoms with Crippen molar-refractivity contribution in [2.24, 2.45) is 0 Å². The standard InChI is InChI=1S/C6H3F3O.Al.O/c7-3-1-2-4(10)6(9)5(3)8;;/h1-2,10H;;/q;+1;/p-1. The molecule has 0 aliphatic rings. The van der Waals surface area contributed by atoms with Crippen LogP contribution < -0.4 is 3.79 Å². The van der Waals surface area contributed by atoms with E-state index in [0.717, 1.165) is 6.07 Å². The van der Waals surface area contributed by atoms with Crippen LogP contribution in [0, 0.1) is 17.5 Å². The molecule has 0 N–H and O–H groups in total. The average Bonchev–Trinajstić information content (AvgIpc) is 2.07. The summed E-state index contributed by atoms with van der Waals surface area (Å²) in [6.07, 6.45) is 0. The second-order valence-corrected chi connectivity index (χ2v) is 2.32. The van der Waals surface area contributed by atoms with Crippen LogP contribution in [0.15, 0.2) is 12.1 Å². The molecule has 1 aromatic rings. The van der Waals surface area contributed by atoms with E-state index in [1.807, 2.05) is 0 Å². The monoisotopic (exact) mass is 190 g/mol. The molecular weight excluding hydrogens is 188 g/mol. The van der Waals surface area contributed by atoms with E-state index in [4.69, 9.17) is 0 Å². The van der Waals surface area contributed by atoms with E-state index in [1.54, 1.807) is 0 Å². The van der Waals surface area contributed by atoms with Crippen molar-refractivity contribution in [1.29, 1.82) is 0 Å². The van der Waals surface area contributed by atoms with Crippen molar-refractivity contribution in [2.45, 2.75) is 0 Å². The van der Waals surface area contributed by atoms with Gasteiger partial charge in [-0.05, 0) is 0 Å². The van der Waals surface area contributed by atoms with Crippen molar-refractivity contribution in [2.75, 3.05) is 0 Å². The summed E-state index contributed by atoms with van der Waals surface area (Å²) in [6.45, 7) is 0. The normalized spacial score (nSPS) is 9.25. The first-order valence-corrected chi connectivity index (χ1v) is 3.85. The second kappa shape index (κ2) is 3.70. The summed E-state index contributed by atoms with van der Waals surface area (Å²) in [6, 6.07) is 1.57. The molecule has 12 heavy (non-hydrogen) atoms. The van der Waals surface area contributed by atoms with Crippen LogP contribution in [0.25, 0.3) is 0 Å². The molecule has 0 unspecified atom stereocenters. The van der Waals surface area contributed by atoms with Gasteiger partial charge < -0.3 is 0 Å². The molecule has 0 fully saturated rings. The topological polar surface area (TPSA) is 26.3 Å². The van der Waals surface area contributed by atoms with Crippen molar-refractivity contribution >= 4 is 15.5 Å². The van der Waals surface area contributed by atoms with E-state index in [0.29, 0.717) is 6.07 Å². The van der Waals surface area contributed by atoms with Gasteiger partial charge in [0.1, 0.15) is 0 Å². The van der Waals surface area contributed by atoms with E-state index in [-0.39, 0.29) is 0 Å². The van der Waals surface area contributed by atoms with Crippen LogP contribution in [0.3, 0.4) is 0 Å². The molecule has 0 aliphatic carbocycles. The number of rotatable bonds is 2.